The lowest BCUT2D eigenvalue weighted by Crippen LogP contribution is -2.80. The molecule has 2 heterocycles. The molecule has 2 fully saturated rings. The van der Waals surface area contributed by atoms with Gasteiger partial charge in [-0.2, -0.15) is 0 Å². The van der Waals surface area contributed by atoms with Crippen LogP contribution in [0.3, 0.4) is 0 Å². The van der Waals surface area contributed by atoms with Crippen LogP contribution in [0.25, 0.3) is 0 Å². The van der Waals surface area contributed by atoms with Crippen LogP contribution in [0.4, 0.5) is 0 Å². The van der Waals surface area contributed by atoms with Gasteiger partial charge < -0.3 is 25.0 Å². The van der Waals surface area contributed by atoms with Gasteiger partial charge in [-0.3, -0.25) is 4.79 Å². The third-order valence-corrected chi connectivity index (χ3v) is 6.85. The molecule has 0 amide bonds. The number of hydrogen-bond donors (Lipinski definition) is 3. The number of carbonyl (C=O) groups excluding carboxylic acids is 1. The summed E-state index contributed by atoms with van der Waals surface area (Å²) in [5, 5.41) is 32.2. The topological polar surface area (TPSA) is 90.2 Å². The second-order valence-electron chi connectivity index (χ2n) is 7.68. The second kappa shape index (κ2) is 4.38. The number of benzene rings is 1. The molecule has 24 heavy (non-hydrogen) atoms. The Balaban J connectivity index is 1.87. The van der Waals surface area contributed by atoms with Gasteiger partial charge in [0.2, 0.25) is 0 Å². The van der Waals surface area contributed by atoms with Crippen LogP contribution in [0, 0.1) is 0 Å². The molecular weight excluding hydrogens is 310 g/mol. The lowest BCUT2D eigenvalue weighted by Gasteiger charge is -2.63. The fraction of sp³-hybridized carbons (Fsp3) is 0.611. The lowest BCUT2D eigenvalue weighted by molar-refractivity contribution is -0.226. The zero-order valence-electron chi connectivity index (χ0n) is 13.5. The zero-order valence-corrected chi connectivity index (χ0v) is 13.5. The van der Waals surface area contributed by atoms with Crippen molar-refractivity contribution in [1.82, 2.24) is 4.90 Å². The van der Waals surface area contributed by atoms with Crippen LogP contribution in [-0.2, 0) is 23.2 Å². The highest BCUT2D eigenvalue weighted by atomic mass is 16.5. The Morgan fingerprint density at radius 3 is 2.92 bits per heavy atom. The Labute approximate surface area is 139 Å². The van der Waals surface area contributed by atoms with E-state index in [1.807, 2.05) is 19.2 Å². The Bertz CT molecular complexity index is 764. The fourth-order valence-corrected chi connectivity index (χ4v) is 5.78. The molecular formula is C18H21NO5. The molecule has 1 spiro atoms. The standard InChI is InChI=1S/C18H21NO5/c1-19-5-4-17-14-9-2-3-10(8-20)15(14)24-16(17)11(21)7-13(22)18(17,23)12(19)6-9/h2-3,12-13,16,20,22-23H,4-8H2,1H3/t12-,13-,16+,17+,18+/m1/s1. The first kappa shape index (κ1) is 14.8. The van der Waals surface area contributed by atoms with Crippen LogP contribution in [0.1, 0.15) is 29.5 Å². The number of ketones is 1. The van der Waals surface area contributed by atoms with Gasteiger partial charge in [-0.15, -0.1) is 0 Å². The van der Waals surface area contributed by atoms with Crippen molar-refractivity contribution in [3.63, 3.8) is 0 Å². The maximum absolute atomic E-state index is 12.7. The number of nitrogens with zero attached hydrogens (tertiary/aromatic N) is 1. The molecule has 0 aromatic heterocycles. The van der Waals surface area contributed by atoms with E-state index in [2.05, 4.69) is 4.90 Å². The highest BCUT2D eigenvalue weighted by Crippen LogP contribution is 2.63. The Hall–Kier alpha value is -1.47. The van der Waals surface area contributed by atoms with Crippen LogP contribution in [0.15, 0.2) is 12.1 Å². The molecule has 1 saturated heterocycles. The summed E-state index contributed by atoms with van der Waals surface area (Å²) in [5.74, 6) is 0.382. The number of likely N-dealkylation sites (tertiary alicyclic amines) is 1. The highest BCUT2D eigenvalue weighted by Gasteiger charge is 2.75. The van der Waals surface area contributed by atoms with E-state index in [1.54, 1.807) is 0 Å². The molecule has 5 rings (SSSR count). The predicted octanol–water partition coefficient (Wildman–Crippen LogP) is -0.497. The largest absolute Gasteiger partial charge is 0.481 e. The van der Waals surface area contributed by atoms with Crippen LogP contribution < -0.4 is 4.74 Å². The second-order valence-corrected chi connectivity index (χ2v) is 7.68. The van der Waals surface area contributed by atoms with Gasteiger partial charge in [0.25, 0.3) is 0 Å². The SMILES string of the molecule is CN1CC[C@]23c4c5ccc(CO)c4O[C@H]2C(=O)C[C@@H](O)[C@@]3(O)[C@H]1C5. The van der Waals surface area contributed by atoms with Gasteiger partial charge in [0, 0.05) is 23.6 Å². The number of rotatable bonds is 1. The maximum atomic E-state index is 12.7. The predicted molar refractivity (Wildman–Crippen MR) is 83.8 cm³/mol. The number of hydrogen-bond acceptors (Lipinski definition) is 6. The van der Waals surface area contributed by atoms with E-state index in [0.717, 1.165) is 17.7 Å². The van der Waals surface area contributed by atoms with E-state index in [-0.39, 0.29) is 24.9 Å². The molecule has 1 aromatic carbocycles. The van der Waals surface area contributed by atoms with E-state index in [9.17, 15) is 20.1 Å². The molecule has 128 valence electrons. The molecule has 3 N–H and O–H groups in total. The van der Waals surface area contributed by atoms with Gasteiger partial charge in [-0.1, -0.05) is 12.1 Å². The van der Waals surface area contributed by atoms with Crippen molar-refractivity contribution >= 4 is 5.78 Å². The summed E-state index contributed by atoms with van der Waals surface area (Å²) in [6.07, 6.45) is -0.813. The van der Waals surface area contributed by atoms with E-state index < -0.39 is 23.2 Å². The minimum absolute atomic E-state index is 0.0922. The first-order valence-corrected chi connectivity index (χ1v) is 8.51. The maximum Gasteiger partial charge on any atom is 0.177 e. The number of piperidine rings is 1. The molecule has 5 atom stereocenters. The Morgan fingerprint density at radius 1 is 1.38 bits per heavy atom. The Kier molecular flexibility index (Phi) is 2.71. The fourth-order valence-electron chi connectivity index (χ4n) is 5.78. The monoisotopic (exact) mass is 331 g/mol. The summed E-state index contributed by atoms with van der Waals surface area (Å²) < 4.78 is 6.06. The van der Waals surface area contributed by atoms with Gasteiger partial charge in [0.15, 0.2) is 11.9 Å². The minimum atomic E-state index is -1.41. The van der Waals surface area contributed by atoms with Gasteiger partial charge in [0.05, 0.1) is 18.1 Å². The van der Waals surface area contributed by atoms with Gasteiger partial charge >= 0.3 is 0 Å². The van der Waals surface area contributed by atoms with Crippen molar-refractivity contribution in [3.8, 4) is 5.75 Å². The van der Waals surface area contributed by atoms with Crippen molar-refractivity contribution in [1.29, 1.82) is 0 Å². The summed E-state index contributed by atoms with van der Waals surface area (Å²) in [7, 11) is 1.96. The number of Topliss-reactive ketones (excluding diaryl/α,β-unsaturated/α-hetero) is 1. The summed E-state index contributed by atoms with van der Waals surface area (Å²) in [4.78, 5) is 14.8. The highest BCUT2D eigenvalue weighted by molar-refractivity contribution is 5.90. The van der Waals surface area contributed by atoms with E-state index in [0.29, 0.717) is 24.2 Å². The zero-order chi connectivity index (χ0) is 16.9. The number of likely N-dealkylation sites (N-methyl/N-ethyl adjacent to an activating group) is 1. The summed E-state index contributed by atoms with van der Waals surface area (Å²) in [6, 6.07) is 3.55. The van der Waals surface area contributed by atoms with Crippen LogP contribution in [-0.4, -0.2) is 63.4 Å². The third-order valence-electron chi connectivity index (χ3n) is 6.85. The average molecular weight is 331 g/mol. The van der Waals surface area contributed by atoms with Crippen LogP contribution >= 0.6 is 0 Å². The number of carbonyl (C=O) groups is 1. The molecule has 1 saturated carbocycles. The third kappa shape index (κ3) is 1.34. The van der Waals surface area contributed by atoms with E-state index in [1.165, 1.54) is 0 Å². The molecule has 0 unspecified atom stereocenters. The number of aliphatic hydroxyl groups excluding tert-OH is 2. The van der Waals surface area contributed by atoms with E-state index >= 15 is 0 Å². The summed E-state index contributed by atoms with van der Waals surface area (Å²) in [6.45, 7) is 0.555. The lowest BCUT2D eigenvalue weighted by atomic mass is 9.48. The Morgan fingerprint density at radius 2 is 2.17 bits per heavy atom. The van der Waals surface area contributed by atoms with Crippen molar-refractivity contribution < 1.29 is 24.9 Å². The van der Waals surface area contributed by atoms with Gasteiger partial charge in [0.1, 0.15) is 11.4 Å². The van der Waals surface area contributed by atoms with Crippen molar-refractivity contribution in [2.75, 3.05) is 13.6 Å². The van der Waals surface area contributed by atoms with Gasteiger partial charge in [-0.25, -0.2) is 0 Å². The normalized spacial score (nSPS) is 42.7. The molecule has 2 aliphatic heterocycles. The smallest absolute Gasteiger partial charge is 0.177 e. The van der Waals surface area contributed by atoms with E-state index in [4.69, 9.17) is 4.74 Å². The molecule has 6 heteroatoms. The summed E-state index contributed by atoms with van der Waals surface area (Å²) >= 11 is 0. The summed E-state index contributed by atoms with van der Waals surface area (Å²) in [5.41, 5.74) is 0.211. The molecule has 0 radical (unpaired) electrons. The van der Waals surface area contributed by atoms with Crippen molar-refractivity contribution in [2.45, 2.75) is 55.1 Å². The quantitative estimate of drug-likeness (QED) is 0.643. The average Bonchev–Trinajstić information content (AvgIpc) is 2.91. The van der Waals surface area contributed by atoms with Crippen molar-refractivity contribution in [3.05, 3.63) is 28.8 Å². The first-order chi connectivity index (χ1) is 11.4. The molecule has 1 aromatic rings. The van der Waals surface area contributed by atoms with Crippen molar-refractivity contribution in [2.24, 2.45) is 0 Å². The molecule has 2 bridgehead atoms. The molecule has 6 nitrogen and oxygen atoms in total. The first-order valence-electron chi connectivity index (χ1n) is 8.51. The van der Waals surface area contributed by atoms with Gasteiger partial charge in [-0.05, 0) is 32.0 Å². The molecule has 2 aliphatic carbocycles. The minimum Gasteiger partial charge on any atom is -0.481 e. The number of aliphatic hydroxyl groups is 3. The molecule has 4 aliphatic rings. The van der Waals surface area contributed by atoms with Crippen LogP contribution in [0.5, 0.6) is 5.75 Å². The van der Waals surface area contributed by atoms with Crippen LogP contribution in [0.2, 0.25) is 0 Å². The number of ether oxygens (including phenoxy) is 1.